The number of hydrogen-bond acceptors (Lipinski definition) is 4. The fourth-order valence-corrected chi connectivity index (χ4v) is 4.18. The SMILES string of the molecule is O=C(NCc1cccnc1)C(Cc1ccccc1)NS(=O)(=O)c1ccc(Br)cc1. The summed E-state index contributed by atoms with van der Waals surface area (Å²) < 4.78 is 28.9. The van der Waals surface area contributed by atoms with Gasteiger partial charge in [0.2, 0.25) is 15.9 Å². The Labute approximate surface area is 178 Å². The average molecular weight is 474 g/mol. The van der Waals surface area contributed by atoms with Crippen LogP contribution in [0, 0.1) is 0 Å². The fraction of sp³-hybridized carbons (Fsp3) is 0.143. The summed E-state index contributed by atoms with van der Waals surface area (Å²) in [6.45, 7) is 0.262. The van der Waals surface area contributed by atoms with Gasteiger partial charge in [-0.15, -0.1) is 0 Å². The molecule has 0 spiro atoms. The van der Waals surface area contributed by atoms with E-state index in [1.165, 1.54) is 12.1 Å². The van der Waals surface area contributed by atoms with Crippen LogP contribution in [0.1, 0.15) is 11.1 Å². The molecule has 1 heterocycles. The minimum atomic E-state index is -3.87. The topological polar surface area (TPSA) is 88.2 Å². The highest BCUT2D eigenvalue weighted by atomic mass is 79.9. The predicted octanol–water partition coefficient (Wildman–Crippen LogP) is 3.05. The number of nitrogens with one attached hydrogen (secondary N) is 2. The monoisotopic (exact) mass is 473 g/mol. The van der Waals surface area contributed by atoms with Crippen LogP contribution < -0.4 is 10.0 Å². The highest BCUT2D eigenvalue weighted by Gasteiger charge is 2.26. The third-order valence-corrected chi connectivity index (χ3v) is 6.23. The van der Waals surface area contributed by atoms with Crippen LogP contribution in [-0.2, 0) is 27.8 Å². The Morgan fingerprint density at radius 1 is 0.966 bits per heavy atom. The minimum absolute atomic E-state index is 0.0961. The molecule has 0 bridgehead atoms. The molecule has 29 heavy (non-hydrogen) atoms. The lowest BCUT2D eigenvalue weighted by molar-refractivity contribution is -0.122. The molecule has 0 aliphatic heterocycles. The maximum atomic E-state index is 12.8. The molecule has 1 aromatic heterocycles. The van der Waals surface area contributed by atoms with E-state index >= 15 is 0 Å². The highest BCUT2D eigenvalue weighted by Crippen LogP contribution is 2.16. The van der Waals surface area contributed by atoms with Gasteiger partial charge in [-0.25, -0.2) is 8.42 Å². The molecule has 6 nitrogen and oxygen atoms in total. The van der Waals surface area contributed by atoms with Crippen molar-refractivity contribution in [2.45, 2.75) is 23.9 Å². The third kappa shape index (κ3) is 6.22. The Morgan fingerprint density at radius 2 is 1.66 bits per heavy atom. The summed E-state index contributed by atoms with van der Waals surface area (Å²) in [7, 11) is -3.87. The zero-order valence-corrected chi connectivity index (χ0v) is 17.9. The lowest BCUT2D eigenvalue weighted by Gasteiger charge is -2.19. The second-order valence-electron chi connectivity index (χ2n) is 6.40. The summed E-state index contributed by atoms with van der Waals surface area (Å²) in [4.78, 5) is 16.9. The van der Waals surface area contributed by atoms with Crippen LogP contribution >= 0.6 is 15.9 Å². The molecule has 0 saturated heterocycles. The summed E-state index contributed by atoms with van der Waals surface area (Å²) in [5, 5.41) is 2.79. The van der Waals surface area contributed by atoms with Gasteiger partial charge in [0.05, 0.1) is 4.90 Å². The van der Waals surface area contributed by atoms with Crippen LogP contribution in [0.25, 0.3) is 0 Å². The Bertz CT molecular complexity index is 1040. The second-order valence-corrected chi connectivity index (χ2v) is 9.03. The van der Waals surface area contributed by atoms with Gasteiger partial charge in [0.15, 0.2) is 0 Å². The number of amides is 1. The number of carbonyl (C=O) groups excluding carboxylic acids is 1. The Kier molecular flexibility index (Phi) is 7.13. The van der Waals surface area contributed by atoms with Crippen molar-refractivity contribution in [3.05, 3.63) is 94.7 Å². The third-order valence-electron chi connectivity index (χ3n) is 4.21. The molecule has 0 aliphatic carbocycles. The first kappa shape index (κ1) is 21.2. The van der Waals surface area contributed by atoms with E-state index in [1.807, 2.05) is 36.4 Å². The molecule has 8 heteroatoms. The molecule has 0 radical (unpaired) electrons. The smallest absolute Gasteiger partial charge is 0.241 e. The molecule has 1 atom stereocenters. The molecule has 150 valence electrons. The lowest BCUT2D eigenvalue weighted by Crippen LogP contribution is -2.47. The molecule has 3 aromatic rings. The van der Waals surface area contributed by atoms with E-state index in [9.17, 15) is 13.2 Å². The number of carbonyl (C=O) groups is 1. The molecular weight excluding hydrogens is 454 g/mol. The predicted molar refractivity (Wildman–Crippen MR) is 114 cm³/mol. The quantitative estimate of drug-likeness (QED) is 0.526. The van der Waals surface area contributed by atoms with Gasteiger partial charge in [-0.05, 0) is 47.9 Å². The summed E-state index contributed by atoms with van der Waals surface area (Å²) in [5.74, 6) is -0.404. The van der Waals surface area contributed by atoms with E-state index in [4.69, 9.17) is 0 Å². The van der Waals surface area contributed by atoms with Gasteiger partial charge >= 0.3 is 0 Å². The normalized spacial score (nSPS) is 12.3. The molecular formula is C21H20BrN3O3S. The van der Waals surface area contributed by atoms with Gasteiger partial charge in [0.1, 0.15) is 6.04 Å². The van der Waals surface area contributed by atoms with Crippen molar-refractivity contribution in [2.24, 2.45) is 0 Å². The number of rotatable bonds is 8. The van der Waals surface area contributed by atoms with E-state index in [-0.39, 0.29) is 17.9 Å². The van der Waals surface area contributed by atoms with Crippen molar-refractivity contribution in [1.29, 1.82) is 0 Å². The summed E-state index contributed by atoms with van der Waals surface area (Å²) in [5.41, 5.74) is 1.68. The van der Waals surface area contributed by atoms with Crippen molar-refractivity contribution in [3.8, 4) is 0 Å². The molecule has 2 aromatic carbocycles. The van der Waals surface area contributed by atoms with Crippen molar-refractivity contribution in [2.75, 3.05) is 0 Å². The Hall–Kier alpha value is -2.55. The number of halogens is 1. The van der Waals surface area contributed by atoms with Crippen LogP contribution in [0.15, 0.2) is 88.5 Å². The molecule has 3 rings (SSSR count). The van der Waals surface area contributed by atoms with E-state index in [0.717, 1.165) is 15.6 Å². The van der Waals surface area contributed by atoms with Gasteiger partial charge in [-0.1, -0.05) is 52.3 Å². The lowest BCUT2D eigenvalue weighted by atomic mass is 10.1. The number of aromatic nitrogens is 1. The summed E-state index contributed by atoms with van der Waals surface area (Å²) in [6.07, 6.45) is 3.53. The zero-order chi connectivity index (χ0) is 20.7. The number of sulfonamides is 1. The van der Waals surface area contributed by atoms with Crippen molar-refractivity contribution >= 4 is 31.9 Å². The standard InChI is InChI=1S/C21H20BrN3O3S/c22-18-8-10-19(11-9-18)29(27,28)25-20(13-16-5-2-1-3-6-16)21(26)24-15-17-7-4-12-23-14-17/h1-12,14,20,25H,13,15H2,(H,24,26). The van der Waals surface area contributed by atoms with Gasteiger partial charge in [-0.3, -0.25) is 9.78 Å². The van der Waals surface area contributed by atoms with Crippen LogP contribution in [-0.4, -0.2) is 25.4 Å². The molecule has 1 amide bonds. The van der Waals surface area contributed by atoms with E-state index in [0.29, 0.717) is 0 Å². The number of pyridine rings is 1. The van der Waals surface area contributed by atoms with Gasteiger partial charge < -0.3 is 5.32 Å². The first-order valence-corrected chi connectivity index (χ1v) is 11.2. The van der Waals surface area contributed by atoms with E-state index in [1.54, 1.807) is 30.6 Å². The van der Waals surface area contributed by atoms with Crippen molar-refractivity contribution in [3.63, 3.8) is 0 Å². The Morgan fingerprint density at radius 3 is 2.31 bits per heavy atom. The van der Waals surface area contributed by atoms with Gasteiger partial charge in [0.25, 0.3) is 0 Å². The van der Waals surface area contributed by atoms with Crippen LogP contribution in [0.5, 0.6) is 0 Å². The largest absolute Gasteiger partial charge is 0.351 e. The maximum absolute atomic E-state index is 12.8. The highest BCUT2D eigenvalue weighted by molar-refractivity contribution is 9.10. The van der Waals surface area contributed by atoms with Crippen molar-refractivity contribution in [1.82, 2.24) is 15.0 Å². The number of benzene rings is 2. The Balaban J connectivity index is 1.78. The number of hydrogen-bond donors (Lipinski definition) is 2. The van der Waals surface area contributed by atoms with Gasteiger partial charge in [0, 0.05) is 23.4 Å². The molecule has 2 N–H and O–H groups in total. The zero-order valence-electron chi connectivity index (χ0n) is 15.5. The summed E-state index contributed by atoms with van der Waals surface area (Å²) >= 11 is 3.29. The second kappa shape index (κ2) is 9.78. The van der Waals surface area contributed by atoms with E-state index in [2.05, 4.69) is 31.0 Å². The van der Waals surface area contributed by atoms with E-state index < -0.39 is 22.0 Å². The average Bonchev–Trinajstić information content (AvgIpc) is 2.73. The minimum Gasteiger partial charge on any atom is -0.351 e. The molecule has 0 aliphatic rings. The first-order valence-electron chi connectivity index (χ1n) is 8.92. The van der Waals surface area contributed by atoms with Crippen LogP contribution in [0.2, 0.25) is 0 Å². The van der Waals surface area contributed by atoms with Gasteiger partial charge in [-0.2, -0.15) is 4.72 Å². The van der Waals surface area contributed by atoms with Crippen molar-refractivity contribution < 1.29 is 13.2 Å². The first-order chi connectivity index (χ1) is 13.9. The van der Waals surface area contributed by atoms with Crippen LogP contribution in [0.4, 0.5) is 0 Å². The fourth-order valence-electron chi connectivity index (χ4n) is 2.72. The summed E-state index contributed by atoms with van der Waals surface area (Å²) in [6, 6.07) is 18.2. The van der Waals surface area contributed by atoms with Crippen LogP contribution in [0.3, 0.4) is 0 Å². The molecule has 1 unspecified atom stereocenters. The molecule has 0 saturated carbocycles. The molecule has 0 fully saturated rings. The maximum Gasteiger partial charge on any atom is 0.241 e. The number of nitrogens with zero attached hydrogens (tertiary/aromatic N) is 1.